The average Bonchev–Trinajstić information content (AvgIpc) is 2.60. The molecule has 0 aliphatic carbocycles. The van der Waals surface area contributed by atoms with E-state index in [1.54, 1.807) is 7.11 Å². The fraction of sp³-hybridized carbons (Fsp3) is 0.381. The molecule has 0 saturated heterocycles. The smallest absolute Gasteiger partial charge is 0.220 e. The molecule has 0 bridgehead atoms. The lowest BCUT2D eigenvalue weighted by molar-refractivity contribution is -0.121. The van der Waals surface area contributed by atoms with Crippen molar-refractivity contribution in [3.8, 4) is 11.5 Å². The third kappa shape index (κ3) is 6.06. The van der Waals surface area contributed by atoms with Crippen LogP contribution in [0.4, 0.5) is 0 Å². The first-order chi connectivity index (χ1) is 12.4. The Morgan fingerprint density at radius 2 is 1.81 bits per heavy atom. The van der Waals surface area contributed by atoms with Gasteiger partial charge in [0, 0.05) is 6.42 Å². The largest absolute Gasteiger partial charge is 0.496 e. The van der Waals surface area contributed by atoms with Crippen molar-refractivity contribution in [3.05, 3.63) is 58.1 Å². The Kier molecular flexibility index (Phi) is 7.51. The van der Waals surface area contributed by atoms with Gasteiger partial charge in [0.2, 0.25) is 5.91 Å². The van der Waals surface area contributed by atoms with Crippen molar-refractivity contribution in [3.63, 3.8) is 0 Å². The maximum absolute atomic E-state index is 12.2. The molecule has 0 radical (unpaired) electrons. The van der Waals surface area contributed by atoms with Crippen LogP contribution in [0.3, 0.4) is 0 Å². The number of benzene rings is 2. The quantitative estimate of drug-likeness (QED) is 0.650. The summed E-state index contributed by atoms with van der Waals surface area (Å²) in [7, 11) is 1.64. The van der Waals surface area contributed by atoms with Crippen molar-refractivity contribution < 1.29 is 14.3 Å². The number of hydrogen-bond acceptors (Lipinski definition) is 3. The molecule has 140 valence electrons. The summed E-state index contributed by atoms with van der Waals surface area (Å²) in [4.78, 5) is 12.2. The summed E-state index contributed by atoms with van der Waals surface area (Å²) in [5.74, 6) is 1.66. The minimum atomic E-state index is -0.0433. The minimum absolute atomic E-state index is 0.0342. The highest BCUT2D eigenvalue weighted by atomic mass is 79.9. The number of carbonyl (C=O) groups is 1. The molecule has 1 N–H and O–H groups in total. The third-order valence-electron chi connectivity index (χ3n) is 3.99. The Morgan fingerprint density at radius 1 is 1.12 bits per heavy atom. The molecule has 2 rings (SSSR count). The summed E-state index contributed by atoms with van der Waals surface area (Å²) in [5, 5.41) is 3.05. The SMILES string of the molecule is COc1ccc(CCC(=O)NC(C)c2ccc(OC(C)C)cc2)cc1Br. The van der Waals surface area contributed by atoms with Gasteiger partial charge in [0.25, 0.3) is 0 Å². The molecule has 26 heavy (non-hydrogen) atoms. The number of nitrogens with one attached hydrogen (secondary N) is 1. The predicted molar refractivity (Wildman–Crippen MR) is 108 cm³/mol. The lowest BCUT2D eigenvalue weighted by Crippen LogP contribution is -2.26. The summed E-state index contributed by atoms with van der Waals surface area (Å²) < 4.78 is 11.8. The van der Waals surface area contributed by atoms with Gasteiger partial charge in [-0.15, -0.1) is 0 Å². The zero-order chi connectivity index (χ0) is 19.1. The van der Waals surface area contributed by atoms with E-state index in [9.17, 15) is 4.79 Å². The summed E-state index contributed by atoms with van der Waals surface area (Å²) in [6.45, 7) is 5.98. The Bertz CT molecular complexity index is 729. The zero-order valence-electron chi connectivity index (χ0n) is 15.7. The van der Waals surface area contributed by atoms with E-state index >= 15 is 0 Å². The first-order valence-electron chi connectivity index (χ1n) is 8.77. The topological polar surface area (TPSA) is 47.6 Å². The fourth-order valence-corrected chi connectivity index (χ4v) is 3.22. The van der Waals surface area contributed by atoms with Crippen LogP contribution < -0.4 is 14.8 Å². The number of hydrogen-bond donors (Lipinski definition) is 1. The van der Waals surface area contributed by atoms with Crippen molar-refractivity contribution in [1.29, 1.82) is 0 Å². The van der Waals surface area contributed by atoms with Gasteiger partial charge in [0.1, 0.15) is 11.5 Å². The molecule has 0 fully saturated rings. The highest BCUT2D eigenvalue weighted by Gasteiger charge is 2.11. The molecule has 0 spiro atoms. The van der Waals surface area contributed by atoms with Crippen LogP contribution >= 0.6 is 15.9 Å². The second-order valence-corrected chi connectivity index (χ2v) is 7.35. The molecule has 0 aliphatic heterocycles. The molecule has 2 aromatic rings. The van der Waals surface area contributed by atoms with Crippen LogP contribution in [0.1, 0.15) is 44.4 Å². The highest BCUT2D eigenvalue weighted by molar-refractivity contribution is 9.10. The van der Waals surface area contributed by atoms with E-state index in [4.69, 9.17) is 9.47 Å². The van der Waals surface area contributed by atoms with Crippen LogP contribution in [0.15, 0.2) is 46.9 Å². The molecule has 0 heterocycles. The van der Waals surface area contributed by atoms with E-state index in [2.05, 4.69) is 21.2 Å². The van der Waals surface area contributed by atoms with Crippen molar-refractivity contribution in [2.24, 2.45) is 0 Å². The van der Waals surface area contributed by atoms with Gasteiger partial charge in [-0.25, -0.2) is 0 Å². The first-order valence-corrected chi connectivity index (χ1v) is 9.56. The third-order valence-corrected chi connectivity index (χ3v) is 4.61. The second-order valence-electron chi connectivity index (χ2n) is 6.49. The number of ether oxygens (including phenoxy) is 2. The summed E-state index contributed by atoms with van der Waals surface area (Å²) >= 11 is 3.47. The van der Waals surface area contributed by atoms with Gasteiger partial charge < -0.3 is 14.8 Å². The predicted octanol–water partition coefficient (Wildman–Crippen LogP) is 5.05. The number of aryl methyl sites for hydroxylation is 1. The molecule has 0 aromatic heterocycles. The monoisotopic (exact) mass is 419 g/mol. The Hall–Kier alpha value is -2.01. The standard InChI is InChI=1S/C21H26BrNO3/c1-14(2)26-18-9-7-17(8-10-18)15(3)23-21(24)12-6-16-5-11-20(25-4)19(22)13-16/h5,7-11,13-15H,6,12H2,1-4H3,(H,23,24). The maximum Gasteiger partial charge on any atom is 0.220 e. The number of amides is 1. The lowest BCUT2D eigenvalue weighted by Gasteiger charge is -2.16. The molecule has 0 aliphatic rings. The van der Waals surface area contributed by atoms with Gasteiger partial charge in [0.05, 0.1) is 23.7 Å². The van der Waals surface area contributed by atoms with E-state index in [1.165, 1.54) is 0 Å². The van der Waals surface area contributed by atoms with Crippen LogP contribution in [-0.2, 0) is 11.2 Å². The molecule has 2 aromatic carbocycles. The molecule has 0 saturated carbocycles. The van der Waals surface area contributed by atoms with Crippen LogP contribution in [0.25, 0.3) is 0 Å². The van der Waals surface area contributed by atoms with Crippen molar-refractivity contribution in [1.82, 2.24) is 5.32 Å². The van der Waals surface area contributed by atoms with Crippen LogP contribution in [-0.4, -0.2) is 19.1 Å². The Labute approximate surface area is 164 Å². The molecule has 1 atom stereocenters. The molecule has 4 nitrogen and oxygen atoms in total. The van der Waals surface area contributed by atoms with Crippen LogP contribution in [0.2, 0.25) is 0 Å². The van der Waals surface area contributed by atoms with Gasteiger partial charge in [0.15, 0.2) is 0 Å². The van der Waals surface area contributed by atoms with E-state index < -0.39 is 0 Å². The summed E-state index contributed by atoms with van der Waals surface area (Å²) in [5.41, 5.74) is 2.15. The van der Waals surface area contributed by atoms with Crippen molar-refractivity contribution >= 4 is 21.8 Å². The van der Waals surface area contributed by atoms with Crippen molar-refractivity contribution in [2.75, 3.05) is 7.11 Å². The molecular formula is C21H26BrNO3. The average molecular weight is 420 g/mol. The van der Waals surface area contributed by atoms with E-state index in [1.807, 2.05) is 63.2 Å². The first kappa shape index (κ1) is 20.3. The summed E-state index contributed by atoms with van der Waals surface area (Å²) in [6.07, 6.45) is 1.27. The van der Waals surface area contributed by atoms with Crippen molar-refractivity contribution in [2.45, 2.75) is 45.8 Å². The van der Waals surface area contributed by atoms with Gasteiger partial charge in [-0.05, 0) is 78.5 Å². The van der Waals surface area contributed by atoms with Crippen LogP contribution in [0.5, 0.6) is 11.5 Å². The molecule has 1 amide bonds. The van der Waals surface area contributed by atoms with E-state index in [0.717, 1.165) is 27.1 Å². The molecule has 5 heteroatoms. The summed E-state index contributed by atoms with van der Waals surface area (Å²) in [6, 6.07) is 13.7. The normalized spacial score (nSPS) is 11.9. The second kappa shape index (κ2) is 9.62. The molecule has 1 unspecified atom stereocenters. The number of rotatable bonds is 8. The fourth-order valence-electron chi connectivity index (χ4n) is 2.63. The van der Waals surface area contributed by atoms with Crippen LogP contribution in [0, 0.1) is 0 Å². The molecular weight excluding hydrogens is 394 g/mol. The van der Waals surface area contributed by atoms with Gasteiger partial charge in [-0.3, -0.25) is 4.79 Å². The number of methoxy groups -OCH3 is 1. The Morgan fingerprint density at radius 3 is 2.38 bits per heavy atom. The minimum Gasteiger partial charge on any atom is -0.496 e. The van der Waals surface area contributed by atoms with Gasteiger partial charge >= 0.3 is 0 Å². The van der Waals surface area contributed by atoms with E-state index in [-0.39, 0.29) is 18.1 Å². The highest BCUT2D eigenvalue weighted by Crippen LogP contribution is 2.26. The maximum atomic E-state index is 12.2. The lowest BCUT2D eigenvalue weighted by atomic mass is 10.1. The Balaban J connectivity index is 1.85. The number of carbonyl (C=O) groups excluding carboxylic acids is 1. The van der Waals surface area contributed by atoms with E-state index in [0.29, 0.717) is 12.8 Å². The van der Waals surface area contributed by atoms with Gasteiger partial charge in [-0.2, -0.15) is 0 Å². The van der Waals surface area contributed by atoms with Gasteiger partial charge in [-0.1, -0.05) is 18.2 Å². The number of halogens is 1. The zero-order valence-corrected chi connectivity index (χ0v) is 17.3.